The fourth-order valence-corrected chi connectivity index (χ4v) is 3.02. The molecule has 1 aliphatic rings. The van der Waals surface area contributed by atoms with Gasteiger partial charge in [-0.15, -0.1) is 11.3 Å². The number of nitrogens with one attached hydrogen (secondary N) is 1. The van der Waals surface area contributed by atoms with Crippen molar-refractivity contribution >= 4 is 22.4 Å². The van der Waals surface area contributed by atoms with Gasteiger partial charge >= 0.3 is 6.03 Å². The number of carbonyl (C=O) groups excluding carboxylic acids is 1. The summed E-state index contributed by atoms with van der Waals surface area (Å²) in [5.41, 5.74) is 0. The Labute approximate surface area is 138 Å². The molecule has 23 heavy (non-hydrogen) atoms. The van der Waals surface area contributed by atoms with Gasteiger partial charge in [-0.2, -0.15) is 4.98 Å². The summed E-state index contributed by atoms with van der Waals surface area (Å²) >= 11 is 1.50. The van der Waals surface area contributed by atoms with E-state index in [0.29, 0.717) is 18.3 Å². The van der Waals surface area contributed by atoms with Gasteiger partial charge in [0, 0.05) is 6.54 Å². The van der Waals surface area contributed by atoms with Crippen molar-refractivity contribution in [3.63, 3.8) is 0 Å². The van der Waals surface area contributed by atoms with Crippen LogP contribution in [-0.4, -0.2) is 47.2 Å². The molecule has 2 aromatic heterocycles. The number of carbonyl (C=O) groups is 1. The van der Waals surface area contributed by atoms with E-state index in [9.17, 15) is 4.79 Å². The second-order valence-electron chi connectivity index (χ2n) is 5.14. The Kier molecular flexibility index (Phi) is 4.92. The zero-order valence-electron chi connectivity index (χ0n) is 12.8. The summed E-state index contributed by atoms with van der Waals surface area (Å²) < 4.78 is 10.9. The number of urea groups is 1. The van der Waals surface area contributed by atoms with E-state index in [-0.39, 0.29) is 12.1 Å². The molecule has 0 bridgehead atoms. The number of aromatic nitrogens is 2. The maximum Gasteiger partial charge on any atom is 0.322 e. The Morgan fingerprint density at radius 1 is 1.43 bits per heavy atom. The average Bonchev–Trinajstić information content (AvgIpc) is 3.08. The first-order valence-electron chi connectivity index (χ1n) is 7.37. The Morgan fingerprint density at radius 2 is 2.30 bits per heavy atom. The monoisotopic (exact) mass is 334 g/mol. The smallest absolute Gasteiger partial charge is 0.322 e. The molecule has 0 saturated carbocycles. The molecular formula is C15H18N4O3S. The van der Waals surface area contributed by atoms with E-state index >= 15 is 0 Å². The van der Waals surface area contributed by atoms with Crippen molar-refractivity contribution in [2.45, 2.75) is 18.9 Å². The molecule has 1 N–H and O–H groups in total. The number of hydrogen-bond donors (Lipinski definition) is 1. The number of nitrogens with zero attached hydrogens (tertiary/aromatic N) is 3. The quantitative estimate of drug-likeness (QED) is 0.930. The molecule has 2 amide bonds. The number of amides is 2. The summed E-state index contributed by atoms with van der Waals surface area (Å²) in [6.45, 7) is 1.25. The SMILES string of the molecule is COc1cncc(O[C@H]2CCCN(C(=O)Nc3cccs3)C2)n1. The molecular weight excluding hydrogens is 316 g/mol. The van der Waals surface area contributed by atoms with Crippen LogP contribution in [0, 0.1) is 0 Å². The minimum Gasteiger partial charge on any atom is -0.480 e. The summed E-state index contributed by atoms with van der Waals surface area (Å²) in [6.07, 6.45) is 4.74. The number of methoxy groups -OCH3 is 1. The van der Waals surface area contributed by atoms with E-state index in [1.165, 1.54) is 24.6 Å². The van der Waals surface area contributed by atoms with Crippen LogP contribution >= 0.6 is 11.3 Å². The molecule has 0 aliphatic carbocycles. The fraction of sp³-hybridized carbons (Fsp3) is 0.400. The molecule has 0 aromatic carbocycles. The van der Waals surface area contributed by atoms with Crippen molar-refractivity contribution in [1.29, 1.82) is 0 Å². The lowest BCUT2D eigenvalue weighted by Crippen LogP contribution is -2.46. The van der Waals surface area contributed by atoms with Crippen LogP contribution in [0.3, 0.4) is 0 Å². The minimum absolute atomic E-state index is 0.0979. The highest BCUT2D eigenvalue weighted by atomic mass is 32.1. The van der Waals surface area contributed by atoms with E-state index in [1.54, 1.807) is 11.1 Å². The van der Waals surface area contributed by atoms with Crippen molar-refractivity contribution in [3.8, 4) is 11.8 Å². The van der Waals surface area contributed by atoms with Gasteiger partial charge < -0.3 is 14.4 Å². The van der Waals surface area contributed by atoms with Gasteiger partial charge in [0.05, 0.1) is 31.0 Å². The standard InChI is InChI=1S/C15H18N4O3S/c1-21-12-8-16-9-13(17-12)22-11-4-2-6-19(10-11)15(20)18-14-5-3-7-23-14/h3,5,7-9,11H,2,4,6,10H2,1H3,(H,18,20)/t11-/m0/s1. The Morgan fingerprint density at radius 3 is 3.09 bits per heavy atom. The van der Waals surface area contributed by atoms with Crippen LogP contribution < -0.4 is 14.8 Å². The van der Waals surface area contributed by atoms with Crippen LogP contribution in [0.2, 0.25) is 0 Å². The summed E-state index contributed by atoms with van der Waals surface area (Å²) in [4.78, 5) is 22.3. The first kappa shape index (κ1) is 15.5. The first-order valence-corrected chi connectivity index (χ1v) is 8.24. The molecule has 122 valence electrons. The highest BCUT2D eigenvalue weighted by Crippen LogP contribution is 2.20. The summed E-state index contributed by atoms with van der Waals surface area (Å²) in [6, 6.07) is 3.69. The third-order valence-electron chi connectivity index (χ3n) is 3.50. The van der Waals surface area contributed by atoms with E-state index in [0.717, 1.165) is 24.4 Å². The second-order valence-corrected chi connectivity index (χ2v) is 6.08. The molecule has 2 aromatic rings. The van der Waals surface area contributed by atoms with Crippen molar-refractivity contribution in [2.75, 3.05) is 25.5 Å². The molecule has 0 spiro atoms. The van der Waals surface area contributed by atoms with Gasteiger partial charge in [-0.3, -0.25) is 10.3 Å². The largest absolute Gasteiger partial charge is 0.480 e. The van der Waals surface area contributed by atoms with Crippen LogP contribution in [0.25, 0.3) is 0 Å². The highest BCUT2D eigenvalue weighted by molar-refractivity contribution is 7.14. The van der Waals surface area contributed by atoms with Crippen LogP contribution in [0.1, 0.15) is 12.8 Å². The van der Waals surface area contributed by atoms with E-state index in [4.69, 9.17) is 9.47 Å². The number of piperidine rings is 1. The molecule has 0 radical (unpaired) electrons. The van der Waals surface area contributed by atoms with Crippen LogP contribution in [-0.2, 0) is 0 Å². The Bertz CT molecular complexity index is 650. The van der Waals surface area contributed by atoms with Crippen LogP contribution in [0.4, 0.5) is 9.80 Å². The predicted molar refractivity (Wildman–Crippen MR) is 87.1 cm³/mol. The molecule has 3 heterocycles. The summed E-state index contributed by atoms with van der Waals surface area (Å²) in [7, 11) is 1.53. The average molecular weight is 334 g/mol. The van der Waals surface area contributed by atoms with Crippen molar-refractivity contribution in [2.24, 2.45) is 0 Å². The summed E-state index contributed by atoms with van der Waals surface area (Å²) in [5, 5.41) is 5.67. The van der Waals surface area contributed by atoms with Crippen molar-refractivity contribution < 1.29 is 14.3 Å². The fourth-order valence-electron chi connectivity index (χ4n) is 2.41. The molecule has 8 heteroatoms. The molecule has 1 fully saturated rings. The third-order valence-corrected chi connectivity index (χ3v) is 4.29. The normalized spacial score (nSPS) is 17.6. The number of anilines is 1. The number of likely N-dealkylation sites (tertiary alicyclic amines) is 1. The highest BCUT2D eigenvalue weighted by Gasteiger charge is 2.25. The van der Waals surface area contributed by atoms with Crippen molar-refractivity contribution in [3.05, 3.63) is 29.9 Å². The first-order chi connectivity index (χ1) is 11.2. The van der Waals surface area contributed by atoms with Gasteiger partial charge in [-0.25, -0.2) is 4.79 Å². The molecule has 0 unspecified atom stereocenters. The maximum atomic E-state index is 12.3. The predicted octanol–water partition coefficient (Wildman–Crippen LogP) is 2.62. The topological polar surface area (TPSA) is 76.6 Å². The molecule has 1 atom stereocenters. The molecule has 1 aliphatic heterocycles. The van der Waals surface area contributed by atoms with Crippen molar-refractivity contribution in [1.82, 2.24) is 14.9 Å². The second kappa shape index (κ2) is 7.28. The van der Waals surface area contributed by atoms with Crippen LogP contribution in [0.15, 0.2) is 29.9 Å². The number of rotatable bonds is 4. The Balaban J connectivity index is 1.58. The molecule has 7 nitrogen and oxygen atoms in total. The van der Waals surface area contributed by atoms with Gasteiger partial charge in [0.2, 0.25) is 11.8 Å². The lowest BCUT2D eigenvalue weighted by molar-refractivity contribution is 0.101. The molecule has 1 saturated heterocycles. The van der Waals surface area contributed by atoms with Gasteiger partial charge in [0.25, 0.3) is 0 Å². The summed E-state index contributed by atoms with van der Waals surface area (Å²) in [5.74, 6) is 0.820. The van der Waals surface area contributed by atoms with Gasteiger partial charge in [-0.05, 0) is 30.4 Å². The molecule has 3 rings (SSSR count). The number of hydrogen-bond acceptors (Lipinski definition) is 6. The lowest BCUT2D eigenvalue weighted by atomic mass is 10.1. The Hall–Kier alpha value is -2.35. The zero-order valence-corrected chi connectivity index (χ0v) is 13.6. The van der Waals surface area contributed by atoms with E-state index < -0.39 is 0 Å². The van der Waals surface area contributed by atoms with E-state index in [2.05, 4.69) is 15.3 Å². The van der Waals surface area contributed by atoms with Gasteiger partial charge in [0.15, 0.2) is 0 Å². The van der Waals surface area contributed by atoms with Gasteiger partial charge in [-0.1, -0.05) is 0 Å². The lowest BCUT2D eigenvalue weighted by Gasteiger charge is -2.32. The zero-order chi connectivity index (χ0) is 16.1. The maximum absolute atomic E-state index is 12.3. The van der Waals surface area contributed by atoms with Gasteiger partial charge in [0.1, 0.15) is 6.10 Å². The van der Waals surface area contributed by atoms with Crippen LogP contribution in [0.5, 0.6) is 11.8 Å². The number of ether oxygens (including phenoxy) is 2. The minimum atomic E-state index is -0.0996. The van der Waals surface area contributed by atoms with E-state index in [1.807, 2.05) is 17.5 Å². The number of thiophene rings is 1. The third kappa shape index (κ3) is 4.10.